The molecule has 0 spiro atoms. The Morgan fingerprint density at radius 3 is 2.58 bits per heavy atom. The fourth-order valence-corrected chi connectivity index (χ4v) is 2.96. The standard InChI is InChI=1S/C13H19N3O2S/c1-4-10(2)7-11(3)16-19(17,18)13-6-5-12(8-14)15-9-13/h5-6,9-11,16H,4,7H2,1-3H3. The van der Waals surface area contributed by atoms with Gasteiger partial charge in [-0.2, -0.15) is 5.26 Å². The van der Waals surface area contributed by atoms with Gasteiger partial charge in [-0.15, -0.1) is 0 Å². The molecule has 1 rings (SSSR count). The molecule has 19 heavy (non-hydrogen) atoms. The summed E-state index contributed by atoms with van der Waals surface area (Å²) in [5.74, 6) is 0.469. The Morgan fingerprint density at radius 2 is 2.11 bits per heavy atom. The Hall–Kier alpha value is -1.45. The number of rotatable bonds is 6. The molecule has 1 aromatic rings. The summed E-state index contributed by atoms with van der Waals surface area (Å²) in [5.41, 5.74) is 0.201. The highest BCUT2D eigenvalue weighted by molar-refractivity contribution is 7.89. The van der Waals surface area contributed by atoms with Crippen molar-refractivity contribution in [1.29, 1.82) is 5.26 Å². The van der Waals surface area contributed by atoms with Gasteiger partial charge in [0.25, 0.3) is 0 Å². The minimum atomic E-state index is -3.56. The fraction of sp³-hybridized carbons (Fsp3) is 0.538. The van der Waals surface area contributed by atoms with Crippen molar-refractivity contribution in [3.05, 3.63) is 24.0 Å². The van der Waals surface area contributed by atoms with Crippen LogP contribution in [0.5, 0.6) is 0 Å². The molecule has 104 valence electrons. The zero-order valence-electron chi connectivity index (χ0n) is 11.4. The zero-order valence-corrected chi connectivity index (χ0v) is 12.2. The van der Waals surface area contributed by atoms with Crippen LogP contribution in [0.3, 0.4) is 0 Å². The summed E-state index contributed by atoms with van der Waals surface area (Å²) in [7, 11) is -3.56. The van der Waals surface area contributed by atoms with Gasteiger partial charge >= 0.3 is 0 Å². The molecule has 5 nitrogen and oxygen atoms in total. The van der Waals surface area contributed by atoms with Gasteiger partial charge in [-0.3, -0.25) is 0 Å². The second kappa shape index (κ2) is 6.64. The maximum absolute atomic E-state index is 12.1. The summed E-state index contributed by atoms with van der Waals surface area (Å²) in [6.45, 7) is 6.02. The van der Waals surface area contributed by atoms with E-state index in [4.69, 9.17) is 5.26 Å². The lowest BCUT2D eigenvalue weighted by Gasteiger charge is -2.17. The number of aromatic nitrogens is 1. The van der Waals surface area contributed by atoms with Crippen molar-refractivity contribution in [2.24, 2.45) is 5.92 Å². The largest absolute Gasteiger partial charge is 0.244 e. The Bertz CT molecular complexity index is 546. The minimum Gasteiger partial charge on any atom is -0.244 e. The van der Waals surface area contributed by atoms with Crippen LogP contribution in [0.25, 0.3) is 0 Å². The third-order valence-corrected chi connectivity index (χ3v) is 4.55. The van der Waals surface area contributed by atoms with E-state index < -0.39 is 10.0 Å². The summed E-state index contributed by atoms with van der Waals surface area (Å²) in [6.07, 6.45) is 3.01. The molecule has 0 aromatic carbocycles. The highest BCUT2D eigenvalue weighted by atomic mass is 32.2. The molecular weight excluding hydrogens is 262 g/mol. The van der Waals surface area contributed by atoms with Gasteiger partial charge in [0.15, 0.2) is 0 Å². The van der Waals surface area contributed by atoms with E-state index in [0.717, 1.165) is 12.8 Å². The van der Waals surface area contributed by atoms with E-state index in [9.17, 15) is 8.42 Å². The Balaban J connectivity index is 2.78. The van der Waals surface area contributed by atoms with Crippen molar-refractivity contribution in [2.45, 2.75) is 44.6 Å². The van der Waals surface area contributed by atoms with Crippen molar-refractivity contribution in [1.82, 2.24) is 9.71 Å². The van der Waals surface area contributed by atoms with Crippen molar-refractivity contribution in [3.8, 4) is 6.07 Å². The van der Waals surface area contributed by atoms with E-state index in [0.29, 0.717) is 5.92 Å². The average molecular weight is 281 g/mol. The lowest BCUT2D eigenvalue weighted by molar-refractivity contribution is 0.445. The summed E-state index contributed by atoms with van der Waals surface area (Å²) in [6, 6.07) is 4.51. The van der Waals surface area contributed by atoms with Crippen molar-refractivity contribution < 1.29 is 8.42 Å². The minimum absolute atomic E-state index is 0.0856. The molecule has 0 aliphatic carbocycles. The Morgan fingerprint density at radius 1 is 1.42 bits per heavy atom. The molecule has 0 aliphatic rings. The van der Waals surface area contributed by atoms with Crippen LogP contribution >= 0.6 is 0 Å². The van der Waals surface area contributed by atoms with E-state index in [2.05, 4.69) is 23.6 Å². The Kier molecular flexibility index (Phi) is 5.45. The molecule has 0 fully saturated rings. The third kappa shape index (κ3) is 4.62. The zero-order chi connectivity index (χ0) is 14.5. The maximum atomic E-state index is 12.1. The normalized spacial score (nSPS) is 14.6. The first-order valence-electron chi connectivity index (χ1n) is 6.27. The number of sulfonamides is 1. The van der Waals surface area contributed by atoms with Gasteiger partial charge in [0.2, 0.25) is 10.0 Å². The smallest absolute Gasteiger partial charge is 0.242 e. The number of nitriles is 1. The summed E-state index contributed by atoms with van der Waals surface area (Å²) in [4.78, 5) is 3.85. The molecule has 0 bridgehead atoms. The second-order valence-corrected chi connectivity index (χ2v) is 6.48. The number of nitrogens with zero attached hydrogens (tertiary/aromatic N) is 2. The molecule has 1 aromatic heterocycles. The van der Waals surface area contributed by atoms with Crippen LogP contribution in [0.2, 0.25) is 0 Å². The number of nitrogens with one attached hydrogen (secondary N) is 1. The van der Waals surface area contributed by atoms with Crippen LogP contribution in [0.4, 0.5) is 0 Å². The molecule has 0 aliphatic heterocycles. The van der Waals surface area contributed by atoms with Crippen molar-refractivity contribution in [2.75, 3.05) is 0 Å². The predicted octanol–water partition coefficient (Wildman–Crippen LogP) is 2.06. The van der Waals surface area contributed by atoms with Crippen LogP contribution in [0.15, 0.2) is 23.2 Å². The molecule has 0 saturated heterocycles. The van der Waals surface area contributed by atoms with Gasteiger partial charge in [-0.1, -0.05) is 20.3 Å². The predicted molar refractivity (Wildman–Crippen MR) is 72.8 cm³/mol. The molecule has 2 unspecified atom stereocenters. The molecule has 0 radical (unpaired) electrons. The monoisotopic (exact) mass is 281 g/mol. The van der Waals surface area contributed by atoms with E-state index in [1.54, 1.807) is 0 Å². The van der Waals surface area contributed by atoms with Crippen LogP contribution in [-0.2, 0) is 10.0 Å². The van der Waals surface area contributed by atoms with Crippen LogP contribution in [0.1, 0.15) is 39.3 Å². The first-order valence-corrected chi connectivity index (χ1v) is 7.75. The van der Waals surface area contributed by atoms with E-state index in [-0.39, 0.29) is 16.6 Å². The second-order valence-electron chi connectivity index (χ2n) is 4.76. The fourth-order valence-electron chi connectivity index (χ4n) is 1.76. The number of hydrogen-bond donors (Lipinski definition) is 1. The molecule has 6 heteroatoms. The Labute approximate surface area is 114 Å². The van der Waals surface area contributed by atoms with Gasteiger partial charge in [0, 0.05) is 12.2 Å². The van der Waals surface area contributed by atoms with Gasteiger partial charge in [-0.25, -0.2) is 18.1 Å². The van der Waals surface area contributed by atoms with Crippen LogP contribution in [0, 0.1) is 17.2 Å². The van der Waals surface area contributed by atoms with E-state index >= 15 is 0 Å². The molecule has 0 saturated carbocycles. The lowest BCUT2D eigenvalue weighted by Crippen LogP contribution is -2.33. The van der Waals surface area contributed by atoms with Crippen LogP contribution < -0.4 is 4.72 Å². The van der Waals surface area contributed by atoms with Gasteiger partial charge < -0.3 is 0 Å². The average Bonchev–Trinajstić information content (AvgIpc) is 2.37. The van der Waals surface area contributed by atoms with Crippen LogP contribution in [-0.4, -0.2) is 19.4 Å². The highest BCUT2D eigenvalue weighted by Crippen LogP contribution is 2.13. The number of hydrogen-bond acceptors (Lipinski definition) is 4. The first kappa shape index (κ1) is 15.6. The quantitative estimate of drug-likeness (QED) is 0.865. The van der Waals surface area contributed by atoms with Crippen molar-refractivity contribution >= 4 is 10.0 Å². The van der Waals surface area contributed by atoms with Crippen molar-refractivity contribution in [3.63, 3.8) is 0 Å². The molecule has 0 amide bonds. The molecule has 1 heterocycles. The van der Waals surface area contributed by atoms with Gasteiger partial charge in [0.05, 0.1) is 0 Å². The first-order chi connectivity index (χ1) is 8.89. The third-order valence-electron chi connectivity index (χ3n) is 2.97. The highest BCUT2D eigenvalue weighted by Gasteiger charge is 2.18. The summed E-state index contributed by atoms with van der Waals surface area (Å²) in [5, 5.41) is 8.63. The molecular formula is C13H19N3O2S. The lowest BCUT2D eigenvalue weighted by atomic mass is 10.0. The number of pyridine rings is 1. The maximum Gasteiger partial charge on any atom is 0.242 e. The van der Waals surface area contributed by atoms with E-state index in [1.807, 2.05) is 13.0 Å². The summed E-state index contributed by atoms with van der Waals surface area (Å²) >= 11 is 0. The van der Waals surface area contributed by atoms with Gasteiger partial charge in [0.1, 0.15) is 16.7 Å². The molecule has 1 N–H and O–H groups in total. The topological polar surface area (TPSA) is 82.9 Å². The SMILES string of the molecule is CCC(C)CC(C)NS(=O)(=O)c1ccc(C#N)nc1. The molecule has 2 atom stereocenters. The summed E-state index contributed by atoms with van der Waals surface area (Å²) < 4.78 is 26.8. The van der Waals surface area contributed by atoms with Gasteiger partial charge in [-0.05, 0) is 31.4 Å². The van der Waals surface area contributed by atoms with E-state index in [1.165, 1.54) is 18.3 Å².